The number of piperidine rings is 1. The van der Waals surface area contributed by atoms with Gasteiger partial charge in [0, 0.05) is 39.7 Å². The summed E-state index contributed by atoms with van der Waals surface area (Å²) in [5, 5.41) is 4.09. The van der Waals surface area contributed by atoms with Gasteiger partial charge in [-0.25, -0.2) is 4.39 Å². The molecule has 0 unspecified atom stereocenters. The Morgan fingerprint density at radius 3 is 2.93 bits per heavy atom. The van der Waals surface area contributed by atoms with E-state index in [1.807, 2.05) is 23.7 Å². The average molecular weight is 413 g/mol. The van der Waals surface area contributed by atoms with Gasteiger partial charge in [0.05, 0.1) is 12.0 Å². The highest BCUT2D eigenvalue weighted by atomic mass is 32.1. The number of rotatable bonds is 4. The summed E-state index contributed by atoms with van der Waals surface area (Å²) in [6.45, 7) is 3.19. The first-order valence-corrected chi connectivity index (χ1v) is 11.3. The van der Waals surface area contributed by atoms with E-state index < -0.39 is 0 Å². The number of hydrogen-bond donors (Lipinski definition) is 1. The number of anilines is 1. The summed E-state index contributed by atoms with van der Waals surface area (Å²) >= 11 is 1.86. The van der Waals surface area contributed by atoms with E-state index in [9.17, 15) is 9.18 Å². The molecule has 0 atom stereocenters. The molecule has 0 radical (unpaired) electrons. The topological polar surface area (TPSA) is 45.5 Å². The number of benzene rings is 1. The summed E-state index contributed by atoms with van der Waals surface area (Å²) in [7, 11) is 0. The number of halogens is 1. The number of fused-ring (bicyclic) bond motifs is 2. The maximum Gasteiger partial charge on any atom is 0.224 e. The Bertz CT molecular complexity index is 1030. The quantitative estimate of drug-likeness (QED) is 0.630. The van der Waals surface area contributed by atoms with E-state index in [1.165, 1.54) is 27.5 Å². The van der Waals surface area contributed by atoms with Crippen LogP contribution in [0.25, 0.3) is 11.0 Å². The van der Waals surface area contributed by atoms with Gasteiger partial charge in [0.15, 0.2) is 0 Å². The van der Waals surface area contributed by atoms with Gasteiger partial charge in [-0.15, -0.1) is 11.3 Å². The van der Waals surface area contributed by atoms with Gasteiger partial charge in [-0.05, 0) is 69.3 Å². The third-order valence-electron chi connectivity index (χ3n) is 6.21. The van der Waals surface area contributed by atoms with Crippen molar-refractivity contribution in [1.82, 2.24) is 4.90 Å². The molecule has 4 nitrogen and oxygen atoms in total. The smallest absolute Gasteiger partial charge is 0.224 e. The van der Waals surface area contributed by atoms with Gasteiger partial charge in [-0.1, -0.05) is 0 Å². The van der Waals surface area contributed by atoms with Crippen LogP contribution in [0, 0.1) is 5.82 Å². The number of carbonyl (C=O) groups excluding carboxylic acids is 1. The molecule has 152 valence electrons. The summed E-state index contributed by atoms with van der Waals surface area (Å²) in [6, 6.07) is 7.00. The molecular formula is C23H25FN2O2S. The van der Waals surface area contributed by atoms with Crippen LogP contribution in [0.2, 0.25) is 0 Å². The largest absolute Gasteiger partial charge is 0.464 e. The van der Waals surface area contributed by atoms with E-state index in [-0.39, 0.29) is 11.7 Å². The number of nitrogens with zero attached hydrogens (tertiary/aromatic N) is 1. The Kier molecular flexibility index (Phi) is 5.14. The van der Waals surface area contributed by atoms with Crippen molar-refractivity contribution in [3.05, 3.63) is 51.7 Å². The predicted octanol–water partition coefficient (Wildman–Crippen LogP) is 5.33. The van der Waals surface area contributed by atoms with Crippen LogP contribution in [0.3, 0.4) is 0 Å². The third kappa shape index (κ3) is 3.96. The van der Waals surface area contributed by atoms with E-state index in [1.54, 1.807) is 0 Å². The Labute approximate surface area is 173 Å². The monoisotopic (exact) mass is 412 g/mol. The minimum Gasteiger partial charge on any atom is -0.464 e. The van der Waals surface area contributed by atoms with Crippen LogP contribution in [0.1, 0.15) is 46.9 Å². The first-order chi connectivity index (χ1) is 14.2. The molecule has 1 N–H and O–H groups in total. The molecule has 0 bridgehead atoms. The zero-order chi connectivity index (χ0) is 19.8. The Hall–Kier alpha value is -2.18. The maximum atomic E-state index is 13.4. The van der Waals surface area contributed by atoms with Crippen molar-refractivity contribution < 1.29 is 13.6 Å². The molecule has 3 aromatic rings. The molecule has 5 rings (SSSR count). The summed E-state index contributed by atoms with van der Waals surface area (Å²) in [6.07, 6.45) is 7.64. The lowest BCUT2D eigenvalue weighted by Crippen LogP contribution is -2.34. The molecule has 0 aliphatic carbocycles. The van der Waals surface area contributed by atoms with Gasteiger partial charge in [0.1, 0.15) is 11.4 Å². The fraction of sp³-hybridized carbons (Fsp3) is 0.435. The molecule has 1 amide bonds. The van der Waals surface area contributed by atoms with E-state index in [2.05, 4.69) is 16.3 Å². The van der Waals surface area contributed by atoms with E-state index >= 15 is 0 Å². The van der Waals surface area contributed by atoms with Crippen molar-refractivity contribution in [2.75, 3.05) is 25.0 Å². The molecule has 4 heterocycles. The summed E-state index contributed by atoms with van der Waals surface area (Å²) in [5.74, 6) is 0.370. The second-order valence-corrected chi connectivity index (χ2v) is 9.37. The van der Waals surface area contributed by atoms with Crippen molar-refractivity contribution in [3.63, 3.8) is 0 Å². The molecule has 29 heavy (non-hydrogen) atoms. The molecule has 2 aliphatic heterocycles. The standard InChI is InChI=1S/C23H25FN2O2S/c24-16-4-5-18-19(14-28-21(18)12-16)15-6-9-26(10-7-15)11-8-17-13-20-22(29-17)2-1-3-23(27)25-20/h4-5,12-15H,1-3,6-11H2,(H,25,27). The van der Waals surface area contributed by atoms with Crippen LogP contribution in [0.5, 0.6) is 0 Å². The fourth-order valence-electron chi connectivity index (χ4n) is 4.60. The molecule has 1 aromatic carbocycles. The van der Waals surface area contributed by atoms with Gasteiger partial charge < -0.3 is 14.6 Å². The third-order valence-corrected chi connectivity index (χ3v) is 7.47. The number of amides is 1. The Morgan fingerprint density at radius 1 is 1.21 bits per heavy atom. The second kappa shape index (κ2) is 7.92. The molecule has 2 aromatic heterocycles. The molecule has 6 heteroatoms. The molecule has 0 saturated carbocycles. The normalized spacial score (nSPS) is 18.6. The minimum absolute atomic E-state index is 0.143. The van der Waals surface area contributed by atoms with Crippen molar-refractivity contribution in [2.24, 2.45) is 0 Å². The number of furan rings is 1. The highest BCUT2D eigenvalue weighted by molar-refractivity contribution is 7.12. The Morgan fingerprint density at radius 2 is 2.07 bits per heavy atom. The molecule has 0 spiro atoms. The molecule has 2 aliphatic rings. The second-order valence-electron chi connectivity index (χ2n) is 8.15. The number of likely N-dealkylation sites (tertiary alicyclic amines) is 1. The van der Waals surface area contributed by atoms with Crippen LogP contribution in [0.15, 0.2) is 34.9 Å². The Balaban J connectivity index is 1.17. The first kappa shape index (κ1) is 18.8. The highest BCUT2D eigenvalue weighted by Gasteiger charge is 2.24. The van der Waals surface area contributed by atoms with E-state index in [4.69, 9.17) is 4.42 Å². The lowest BCUT2D eigenvalue weighted by molar-refractivity contribution is -0.116. The van der Waals surface area contributed by atoms with Crippen LogP contribution < -0.4 is 5.32 Å². The average Bonchev–Trinajstić information content (AvgIpc) is 3.26. The molecular weight excluding hydrogens is 387 g/mol. The lowest BCUT2D eigenvalue weighted by Gasteiger charge is -2.31. The zero-order valence-corrected chi connectivity index (χ0v) is 17.2. The molecule has 1 fully saturated rings. The minimum atomic E-state index is -0.251. The van der Waals surface area contributed by atoms with Gasteiger partial charge in [-0.3, -0.25) is 4.79 Å². The summed E-state index contributed by atoms with van der Waals surface area (Å²) in [5.41, 5.74) is 2.90. The lowest BCUT2D eigenvalue weighted by atomic mass is 9.89. The zero-order valence-electron chi connectivity index (χ0n) is 16.4. The number of hydrogen-bond acceptors (Lipinski definition) is 4. The van der Waals surface area contributed by atoms with Gasteiger partial charge in [0.2, 0.25) is 5.91 Å². The van der Waals surface area contributed by atoms with Crippen LogP contribution in [-0.4, -0.2) is 30.4 Å². The van der Waals surface area contributed by atoms with E-state index in [0.717, 1.165) is 62.8 Å². The fourth-order valence-corrected chi connectivity index (χ4v) is 5.75. The maximum absolute atomic E-state index is 13.4. The number of aryl methyl sites for hydroxylation is 1. The number of carbonyl (C=O) groups is 1. The van der Waals surface area contributed by atoms with Crippen molar-refractivity contribution in [3.8, 4) is 0 Å². The predicted molar refractivity (Wildman–Crippen MR) is 114 cm³/mol. The van der Waals surface area contributed by atoms with Crippen LogP contribution >= 0.6 is 11.3 Å². The van der Waals surface area contributed by atoms with Gasteiger partial charge in [0.25, 0.3) is 0 Å². The highest BCUT2D eigenvalue weighted by Crippen LogP contribution is 2.35. The summed E-state index contributed by atoms with van der Waals surface area (Å²) < 4.78 is 19.0. The van der Waals surface area contributed by atoms with E-state index in [0.29, 0.717) is 17.9 Å². The van der Waals surface area contributed by atoms with Crippen molar-refractivity contribution in [2.45, 2.75) is 44.4 Å². The van der Waals surface area contributed by atoms with Crippen molar-refractivity contribution in [1.29, 1.82) is 0 Å². The van der Waals surface area contributed by atoms with Crippen LogP contribution in [-0.2, 0) is 17.6 Å². The number of thiophene rings is 1. The first-order valence-electron chi connectivity index (χ1n) is 10.5. The molecule has 1 saturated heterocycles. The summed E-state index contributed by atoms with van der Waals surface area (Å²) in [4.78, 5) is 17.0. The van der Waals surface area contributed by atoms with Crippen LogP contribution in [0.4, 0.5) is 10.1 Å². The van der Waals surface area contributed by atoms with Crippen molar-refractivity contribution >= 4 is 33.9 Å². The van der Waals surface area contributed by atoms with Gasteiger partial charge >= 0.3 is 0 Å². The van der Waals surface area contributed by atoms with Gasteiger partial charge in [-0.2, -0.15) is 0 Å². The SMILES string of the molecule is O=C1CCCc2sc(CCN3CCC(c4coc5cc(F)ccc45)CC3)cc2N1. The number of nitrogens with one attached hydrogen (secondary N) is 1.